The van der Waals surface area contributed by atoms with Crippen LogP contribution in [-0.2, 0) is 11.2 Å². The van der Waals surface area contributed by atoms with Gasteiger partial charge in [0.2, 0.25) is 5.91 Å². The van der Waals surface area contributed by atoms with Crippen molar-refractivity contribution < 1.29 is 9.59 Å². The van der Waals surface area contributed by atoms with Gasteiger partial charge in [0.25, 0.3) is 5.91 Å². The fourth-order valence-electron chi connectivity index (χ4n) is 2.37. The van der Waals surface area contributed by atoms with E-state index in [1.807, 2.05) is 42.5 Å². The molecule has 0 saturated heterocycles. The van der Waals surface area contributed by atoms with Gasteiger partial charge in [-0.25, -0.2) is 4.98 Å². The van der Waals surface area contributed by atoms with Crippen LogP contribution in [0.1, 0.15) is 16.1 Å². The molecule has 22 heavy (non-hydrogen) atoms. The van der Waals surface area contributed by atoms with E-state index in [9.17, 15) is 9.59 Å². The Bertz CT molecular complexity index is 849. The van der Waals surface area contributed by atoms with Crippen LogP contribution < -0.4 is 11.1 Å². The summed E-state index contributed by atoms with van der Waals surface area (Å²) < 4.78 is 0. The molecule has 3 aromatic rings. The van der Waals surface area contributed by atoms with Crippen LogP contribution >= 0.6 is 0 Å². The third-order valence-corrected chi connectivity index (χ3v) is 3.37. The summed E-state index contributed by atoms with van der Waals surface area (Å²) in [6.07, 6.45) is 1.50. The van der Waals surface area contributed by atoms with Crippen LogP contribution in [0.5, 0.6) is 0 Å². The summed E-state index contributed by atoms with van der Waals surface area (Å²) in [5.41, 5.74) is 6.20. The number of aromatic amines is 1. The number of rotatable bonds is 4. The second-order valence-corrected chi connectivity index (χ2v) is 4.85. The van der Waals surface area contributed by atoms with E-state index in [1.165, 1.54) is 6.33 Å². The summed E-state index contributed by atoms with van der Waals surface area (Å²) in [5, 5.41) is 4.70. The van der Waals surface area contributed by atoms with Crippen molar-refractivity contribution in [2.75, 3.05) is 5.32 Å². The Morgan fingerprint density at radius 3 is 2.73 bits per heavy atom. The molecule has 6 nitrogen and oxygen atoms in total. The normalized spacial score (nSPS) is 10.5. The molecule has 0 radical (unpaired) electrons. The number of carbonyl (C=O) groups excluding carboxylic acids is 2. The molecule has 110 valence electrons. The average molecular weight is 294 g/mol. The smallest absolute Gasteiger partial charge is 0.269 e. The van der Waals surface area contributed by atoms with Gasteiger partial charge in [-0.1, -0.05) is 42.5 Å². The number of aromatic nitrogens is 2. The van der Waals surface area contributed by atoms with Crippen LogP contribution in [0.15, 0.2) is 48.8 Å². The second-order valence-electron chi connectivity index (χ2n) is 4.85. The highest BCUT2D eigenvalue weighted by Crippen LogP contribution is 2.19. The number of benzene rings is 2. The molecule has 6 heteroatoms. The first-order valence-corrected chi connectivity index (χ1v) is 6.75. The van der Waals surface area contributed by atoms with Gasteiger partial charge in [-0.05, 0) is 16.3 Å². The van der Waals surface area contributed by atoms with Crippen LogP contribution in [0.3, 0.4) is 0 Å². The van der Waals surface area contributed by atoms with Crippen molar-refractivity contribution in [3.05, 3.63) is 60.0 Å². The number of hydrogen-bond acceptors (Lipinski definition) is 3. The Hall–Kier alpha value is -3.15. The van der Waals surface area contributed by atoms with Crippen molar-refractivity contribution in [1.82, 2.24) is 9.97 Å². The standard InChI is InChI=1S/C16H14N4O2/c17-15(22)14-16(19-9-18-14)20-13(21)8-11-6-3-5-10-4-1-2-7-12(10)11/h1-7,9H,8H2,(H2,17,22)(H,18,19)(H,20,21). The van der Waals surface area contributed by atoms with Gasteiger partial charge in [0.1, 0.15) is 5.69 Å². The Morgan fingerprint density at radius 1 is 1.14 bits per heavy atom. The van der Waals surface area contributed by atoms with Crippen molar-refractivity contribution in [3.63, 3.8) is 0 Å². The van der Waals surface area contributed by atoms with Gasteiger partial charge in [-0.3, -0.25) is 9.59 Å². The number of hydrogen-bond donors (Lipinski definition) is 3. The maximum Gasteiger partial charge on any atom is 0.269 e. The maximum atomic E-state index is 12.2. The summed E-state index contributed by atoms with van der Waals surface area (Å²) >= 11 is 0. The zero-order chi connectivity index (χ0) is 15.5. The number of nitrogens with zero attached hydrogens (tertiary/aromatic N) is 1. The monoisotopic (exact) mass is 294 g/mol. The fraction of sp³-hybridized carbons (Fsp3) is 0.0625. The van der Waals surface area contributed by atoms with Crippen LogP contribution in [0.2, 0.25) is 0 Å². The summed E-state index contributed by atoms with van der Waals surface area (Å²) in [6.45, 7) is 0. The number of amides is 2. The minimum atomic E-state index is -0.669. The molecule has 0 fully saturated rings. The third kappa shape index (κ3) is 2.67. The first-order chi connectivity index (χ1) is 10.6. The van der Waals surface area contributed by atoms with Gasteiger partial charge in [-0.2, -0.15) is 0 Å². The van der Waals surface area contributed by atoms with E-state index in [-0.39, 0.29) is 23.8 Å². The van der Waals surface area contributed by atoms with E-state index >= 15 is 0 Å². The second kappa shape index (κ2) is 5.69. The molecule has 2 aromatic carbocycles. The molecule has 0 spiro atoms. The van der Waals surface area contributed by atoms with E-state index in [2.05, 4.69) is 15.3 Å². The summed E-state index contributed by atoms with van der Waals surface area (Å²) in [7, 11) is 0. The summed E-state index contributed by atoms with van der Waals surface area (Å²) in [4.78, 5) is 29.9. The van der Waals surface area contributed by atoms with Gasteiger partial charge in [-0.15, -0.1) is 0 Å². The van der Waals surface area contributed by atoms with Crippen LogP contribution in [0, 0.1) is 0 Å². The number of fused-ring (bicyclic) bond motifs is 1. The fourth-order valence-corrected chi connectivity index (χ4v) is 2.37. The maximum absolute atomic E-state index is 12.2. The number of carbonyl (C=O) groups is 2. The largest absolute Gasteiger partial charge is 0.364 e. The van der Waals surface area contributed by atoms with Gasteiger partial charge >= 0.3 is 0 Å². The van der Waals surface area contributed by atoms with Gasteiger partial charge in [0.15, 0.2) is 5.82 Å². The first kappa shape index (κ1) is 13.8. The molecular weight excluding hydrogens is 280 g/mol. The number of H-pyrrole nitrogens is 1. The van der Waals surface area contributed by atoms with Crippen molar-refractivity contribution in [2.24, 2.45) is 5.73 Å². The molecule has 0 atom stereocenters. The highest BCUT2D eigenvalue weighted by atomic mass is 16.2. The molecule has 1 heterocycles. The molecule has 0 saturated carbocycles. The van der Waals surface area contributed by atoms with Crippen LogP contribution in [0.4, 0.5) is 5.82 Å². The quantitative estimate of drug-likeness (QED) is 0.684. The topological polar surface area (TPSA) is 101 Å². The lowest BCUT2D eigenvalue weighted by Crippen LogP contribution is -2.19. The predicted molar refractivity (Wildman–Crippen MR) is 83.4 cm³/mol. The minimum absolute atomic E-state index is 0.0891. The zero-order valence-electron chi connectivity index (χ0n) is 11.7. The lowest BCUT2D eigenvalue weighted by atomic mass is 10.0. The molecule has 0 aliphatic carbocycles. The van der Waals surface area contributed by atoms with Crippen LogP contribution in [0.25, 0.3) is 10.8 Å². The van der Waals surface area contributed by atoms with Crippen molar-refractivity contribution in [1.29, 1.82) is 0 Å². The highest BCUT2D eigenvalue weighted by Gasteiger charge is 2.14. The van der Waals surface area contributed by atoms with E-state index in [0.29, 0.717) is 0 Å². The number of nitrogens with two attached hydrogens (primary N) is 1. The Balaban J connectivity index is 1.82. The summed E-state index contributed by atoms with van der Waals surface area (Å²) in [5.74, 6) is -0.776. The number of anilines is 1. The highest BCUT2D eigenvalue weighted by molar-refractivity contribution is 6.01. The van der Waals surface area contributed by atoms with Crippen LogP contribution in [-0.4, -0.2) is 21.8 Å². The van der Waals surface area contributed by atoms with Gasteiger partial charge < -0.3 is 16.0 Å². The molecule has 2 amide bonds. The SMILES string of the molecule is NC(=O)c1[nH]cnc1NC(=O)Cc1cccc2ccccc12. The molecule has 0 bridgehead atoms. The molecular formula is C16H14N4O2. The molecule has 0 aliphatic heterocycles. The summed E-state index contributed by atoms with van der Waals surface area (Å²) in [6, 6.07) is 13.7. The number of primary amides is 1. The van der Waals surface area contributed by atoms with Gasteiger partial charge in [0.05, 0.1) is 12.7 Å². The lowest BCUT2D eigenvalue weighted by molar-refractivity contribution is -0.115. The number of imidazole rings is 1. The molecule has 3 rings (SSSR count). The van der Waals surface area contributed by atoms with Gasteiger partial charge in [0, 0.05) is 0 Å². The van der Waals surface area contributed by atoms with E-state index in [4.69, 9.17) is 5.73 Å². The Labute approximate surface area is 126 Å². The minimum Gasteiger partial charge on any atom is -0.364 e. The van der Waals surface area contributed by atoms with E-state index < -0.39 is 5.91 Å². The van der Waals surface area contributed by atoms with E-state index in [0.717, 1.165) is 16.3 Å². The van der Waals surface area contributed by atoms with Crippen molar-refractivity contribution in [3.8, 4) is 0 Å². The first-order valence-electron chi connectivity index (χ1n) is 6.75. The third-order valence-electron chi connectivity index (χ3n) is 3.37. The predicted octanol–water partition coefficient (Wildman–Crippen LogP) is 1.84. The Kier molecular flexibility index (Phi) is 3.57. The Morgan fingerprint density at radius 2 is 1.91 bits per heavy atom. The molecule has 4 N–H and O–H groups in total. The van der Waals surface area contributed by atoms with Crippen molar-refractivity contribution >= 4 is 28.4 Å². The average Bonchev–Trinajstić information content (AvgIpc) is 2.96. The van der Waals surface area contributed by atoms with E-state index in [1.54, 1.807) is 0 Å². The lowest BCUT2D eigenvalue weighted by Gasteiger charge is -2.07. The zero-order valence-corrected chi connectivity index (χ0v) is 11.7. The van der Waals surface area contributed by atoms with Crippen molar-refractivity contribution in [2.45, 2.75) is 6.42 Å². The molecule has 0 unspecified atom stereocenters. The number of nitrogens with one attached hydrogen (secondary N) is 2. The molecule has 0 aliphatic rings. The molecule has 1 aromatic heterocycles.